The van der Waals surface area contributed by atoms with Crippen molar-refractivity contribution in [3.8, 4) is 16.8 Å². The number of nitrogens with zero attached hydrogens (tertiary/aromatic N) is 1. The smallest absolute Gasteiger partial charge is 0.0547 e. The van der Waals surface area contributed by atoms with E-state index in [1.807, 2.05) is 0 Å². The SMILES string of the molecule is CC1(C)c2cc(Br)ccc2-c2ccc(-n3c4ccc5ccccc5c4c4c5ccccc5ccc43)cc21. The van der Waals surface area contributed by atoms with Crippen molar-refractivity contribution in [2.24, 2.45) is 0 Å². The zero-order valence-electron chi connectivity index (χ0n) is 20.7. The molecule has 6 aromatic carbocycles. The summed E-state index contributed by atoms with van der Waals surface area (Å²) < 4.78 is 3.60. The summed E-state index contributed by atoms with van der Waals surface area (Å²) in [5.74, 6) is 0. The minimum absolute atomic E-state index is 0.0669. The van der Waals surface area contributed by atoms with Gasteiger partial charge >= 0.3 is 0 Å². The summed E-state index contributed by atoms with van der Waals surface area (Å²) in [7, 11) is 0. The summed E-state index contributed by atoms with van der Waals surface area (Å²) in [6.07, 6.45) is 0. The normalized spacial score (nSPS) is 14.0. The number of fused-ring (bicyclic) bond motifs is 10. The number of benzene rings is 6. The van der Waals surface area contributed by atoms with Crippen LogP contribution in [0.5, 0.6) is 0 Å². The van der Waals surface area contributed by atoms with E-state index in [1.54, 1.807) is 0 Å². The third kappa shape index (κ3) is 2.79. The molecule has 1 aromatic heterocycles. The highest BCUT2D eigenvalue weighted by Gasteiger charge is 2.36. The molecule has 0 bridgehead atoms. The van der Waals surface area contributed by atoms with E-state index in [0.717, 1.165) is 4.47 Å². The highest BCUT2D eigenvalue weighted by Crippen LogP contribution is 2.50. The molecule has 0 saturated carbocycles. The molecule has 0 amide bonds. The second kappa shape index (κ2) is 7.34. The van der Waals surface area contributed by atoms with E-state index in [0.29, 0.717) is 0 Å². The molecule has 8 rings (SSSR count). The third-order valence-electron chi connectivity index (χ3n) is 8.43. The molecule has 1 aliphatic rings. The highest BCUT2D eigenvalue weighted by molar-refractivity contribution is 9.10. The first-order chi connectivity index (χ1) is 18.0. The van der Waals surface area contributed by atoms with E-state index in [-0.39, 0.29) is 5.41 Å². The molecule has 0 radical (unpaired) electrons. The first kappa shape index (κ1) is 21.2. The van der Waals surface area contributed by atoms with Gasteiger partial charge in [0.25, 0.3) is 0 Å². The van der Waals surface area contributed by atoms with E-state index < -0.39 is 0 Å². The van der Waals surface area contributed by atoms with Crippen molar-refractivity contribution in [3.63, 3.8) is 0 Å². The van der Waals surface area contributed by atoms with Crippen LogP contribution in [0.4, 0.5) is 0 Å². The summed E-state index contributed by atoms with van der Waals surface area (Å²) in [6.45, 7) is 4.70. The predicted octanol–water partition coefficient (Wildman–Crippen LogP) is 10.2. The lowest BCUT2D eigenvalue weighted by Crippen LogP contribution is -2.15. The largest absolute Gasteiger partial charge is 0.309 e. The van der Waals surface area contributed by atoms with Gasteiger partial charge in [-0.3, -0.25) is 0 Å². The Morgan fingerprint density at radius 2 is 1.11 bits per heavy atom. The maximum absolute atomic E-state index is 3.70. The lowest BCUT2D eigenvalue weighted by molar-refractivity contribution is 0.659. The van der Waals surface area contributed by atoms with E-state index in [2.05, 4.69) is 144 Å². The van der Waals surface area contributed by atoms with Gasteiger partial charge in [0.15, 0.2) is 0 Å². The first-order valence-corrected chi connectivity index (χ1v) is 13.6. The summed E-state index contributed by atoms with van der Waals surface area (Å²) in [5.41, 5.74) is 9.10. The topological polar surface area (TPSA) is 4.93 Å². The Kier molecular flexibility index (Phi) is 4.21. The van der Waals surface area contributed by atoms with Crippen LogP contribution in [0.2, 0.25) is 0 Å². The number of halogens is 1. The number of hydrogen-bond donors (Lipinski definition) is 0. The van der Waals surface area contributed by atoms with Crippen LogP contribution in [0, 0.1) is 0 Å². The van der Waals surface area contributed by atoms with Crippen LogP contribution < -0.4 is 0 Å². The molecule has 0 aliphatic heterocycles. The van der Waals surface area contributed by atoms with Crippen molar-refractivity contribution in [1.82, 2.24) is 4.57 Å². The molecule has 7 aromatic rings. The standard InChI is InChI=1S/C35H24BrN/c1-35(2)29-19-23(36)13-15-27(29)28-16-14-24(20-30(28)35)37-31-17-11-21-7-3-5-9-25(21)33(31)34-26-10-6-4-8-22(26)12-18-32(34)37/h3-20H,1-2H3. The van der Waals surface area contributed by atoms with Crippen LogP contribution in [0.25, 0.3) is 60.2 Å². The molecular formula is C35H24BrN. The quantitative estimate of drug-likeness (QED) is 0.196. The zero-order valence-corrected chi connectivity index (χ0v) is 22.3. The molecule has 0 atom stereocenters. The van der Waals surface area contributed by atoms with Gasteiger partial charge < -0.3 is 4.57 Å². The second-order valence-corrected chi connectivity index (χ2v) is 11.7. The van der Waals surface area contributed by atoms with Crippen LogP contribution in [-0.2, 0) is 5.41 Å². The molecule has 1 nitrogen and oxygen atoms in total. The average molecular weight is 538 g/mol. The molecule has 0 saturated heterocycles. The molecule has 2 heteroatoms. The van der Waals surface area contributed by atoms with Crippen LogP contribution in [-0.4, -0.2) is 4.57 Å². The lowest BCUT2D eigenvalue weighted by Gasteiger charge is -2.22. The summed E-state index contributed by atoms with van der Waals surface area (Å²) in [4.78, 5) is 0. The minimum Gasteiger partial charge on any atom is -0.309 e. The average Bonchev–Trinajstić information content (AvgIpc) is 3.38. The van der Waals surface area contributed by atoms with E-state index in [4.69, 9.17) is 0 Å². The maximum Gasteiger partial charge on any atom is 0.0547 e. The van der Waals surface area contributed by atoms with Gasteiger partial charge in [-0.15, -0.1) is 0 Å². The van der Waals surface area contributed by atoms with Crippen molar-refractivity contribution in [3.05, 3.63) is 125 Å². The monoisotopic (exact) mass is 537 g/mol. The van der Waals surface area contributed by atoms with E-state index >= 15 is 0 Å². The lowest BCUT2D eigenvalue weighted by atomic mass is 9.82. The molecule has 0 fully saturated rings. The Morgan fingerprint density at radius 1 is 0.568 bits per heavy atom. The maximum atomic E-state index is 3.70. The predicted molar refractivity (Wildman–Crippen MR) is 161 cm³/mol. The fourth-order valence-corrected chi connectivity index (χ4v) is 7.02. The Bertz CT molecular complexity index is 1980. The van der Waals surface area contributed by atoms with Gasteiger partial charge in [0, 0.05) is 26.3 Å². The summed E-state index contributed by atoms with van der Waals surface area (Å²) >= 11 is 3.70. The van der Waals surface area contributed by atoms with Gasteiger partial charge in [-0.25, -0.2) is 0 Å². The van der Waals surface area contributed by atoms with Gasteiger partial charge in [0.1, 0.15) is 0 Å². The molecule has 37 heavy (non-hydrogen) atoms. The fraction of sp³-hybridized carbons (Fsp3) is 0.0857. The van der Waals surface area contributed by atoms with Crippen LogP contribution in [0.15, 0.2) is 114 Å². The Morgan fingerprint density at radius 3 is 1.73 bits per heavy atom. The van der Waals surface area contributed by atoms with Crippen molar-refractivity contribution in [2.75, 3.05) is 0 Å². The number of aromatic nitrogens is 1. The van der Waals surface area contributed by atoms with E-state index in [1.165, 1.54) is 71.3 Å². The zero-order chi connectivity index (χ0) is 24.9. The van der Waals surface area contributed by atoms with Crippen molar-refractivity contribution in [1.29, 1.82) is 0 Å². The molecule has 1 aliphatic carbocycles. The Hall–Kier alpha value is -3.88. The van der Waals surface area contributed by atoms with Crippen LogP contribution >= 0.6 is 15.9 Å². The molecule has 0 spiro atoms. The molecule has 0 unspecified atom stereocenters. The van der Waals surface area contributed by atoms with Gasteiger partial charge in [-0.1, -0.05) is 103 Å². The van der Waals surface area contributed by atoms with Crippen LogP contribution in [0.3, 0.4) is 0 Å². The minimum atomic E-state index is -0.0669. The molecular weight excluding hydrogens is 514 g/mol. The van der Waals surface area contributed by atoms with Gasteiger partial charge in [0.2, 0.25) is 0 Å². The number of rotatable bonds is 1. The second-order valence-electron chi connectivity index (χ2n) is 10.7. The van der Waals surface area contributed by atoms with Crippen molar-refractivity contribution in [2.45, 2.75) is 19.3 Å². The Balaban J connectivity index is 1.50. The molecule has 176 valence electrons. The molecule has 1 heterocycles. The fourth-order valence-electron chi connectivity index (χ4n) is 6.66. The highest BCUT2D eigenvalue weighted by atomic mass is 79.9. The molecule has 0 N–H and O–H groups in total. The van der Waals surface area contributed by atoms with Gasteiger partial charge in [0.05, 0.1) is 11.0 Å². The van der Waals surface area contributed by atoms with Crippen LogP contribution in [0.1, 0.15) is 25.0 Å². The summed E-state index contributed by atoms with van der Waals surface area (Å²) in [6, 6.07) is 40.4. The van der Waals surface area contributed by atoms with Gasteiger partial charge in [-0.2, -0.15) is 0 Å². The van der Waals surface area contributed by atoms with E-state index in [9.17, 15) is 0 Å². The first-order valence-electron chi connectivity index (χ1n) is 12.8. The third-order valence-corrected chi connectivity index (χ3v) is 8.92. The number of hydrogen-bond acceptors (Lipinski definition) is 0. The van der Waals surface area contributed by atoms with Gasteiger partial charge in [-0.05, 0) is 80.2 Å². The van der Waals surface area contributed by atoms with Crippen molar-refractivity contribution >= 4 is 59.3 Å². The Labute approximate surface area is 224 Å². The van der Waals surface area contributed by atoms with Crippen molar-refractivity contribution < 1.29 is 0 Å². The summed E-state index contributed by atoms with van der Waals surface area (Å²) in [5, 5.41) is 7.82.